The van der Waals surface area contributed by atoms with Gasteiger partial charge in [0.05, 0.1) is 13.2 Å². The molecule has 4 N–H and O–H groups in total. The zero-order valence-corrected chi connectivity index (χ0v) is 37.0. The fourth-order valence-electron chi connectivity index (χ4n) is 5.40. The monoisotopic (exact) mass is 850 g/mol. The lowest BCUT2D eigenvalue weighted by Gasteiger charge is -2.20. The van der Waals surface area contributed by atoms with Crippen LogP contribution in [0, 0.1) is 0 Å². The summed E-state index contributed by atoms with van der Waals surface area (Å²) in [5, 5.41) is 8.89. The van der Waals surface area contributed by atoms with Crippen molar-refractivity contribution in [3.05, 3.63) is 72.9 Å². The van der Waals surface area contributed by atoms with Crippen LogP contribution in [0.3, 0.4) is 0 Å². The molecule has 0 aliphatic rings. The summed E-state index contributed by atoms with van der Waals surface area (Å²) in [6.45, 7) is 2.48. The first kappa shape index (κ1) is 55.6. The van der Waals surface area contributed by atoms with Crippen molar-refractivity contribution in [1.29, 1.82) is 0 Å². The molecule has 0 bridgehead atoms. The number of aliphatic carboxylic acids is 1. The smallest absolute Gasteiger partial charge is 0.472 e. The number of phosphoric ester groups is 1. The van der Waals surface area contributed by atoms with Crippen molar-refractivity contribution >= 4 is 31.5 Å². The zero-order chi connectivity index (χ0) is 43.7. The number of carbonyl (C=O) groups excluding carboxylic acids is 3. The van der Waals surface area contributed by atoms with Crippen LogP contribution in [-0.2, 0) is 42.3 Å². The Labute approximate surface area is 355 Å². The minimum atomic E-state index is -4.78. The average molecular weight is 850 g/mol. The Morgan fingerprint density at radius 2 is 1.07 bits per heavy atom. The Bertz CT molecular complexity index is 1340. The molecule has 59 heavy (non-hydrogen) atoms. The van der Waals surface area contributed by atoms with Crippen LogP contribution in [0.5, 0.6) is 0 Å². The quantitative estimate of drug-likeness (QED) is 0.0132. The van der Waals surface area contributed by atoms with Gasteiger partial charge in [-0.15, -0.1) is 0 Å². The van der Waals surface area contributed by atoms with Crippen LogP contribution < -0.4 is 5.73 Å². The second kappa shape index (κ2) is 40.0. The van der Waals surface area contributed by atoms with Crippen LogP contribution in [0.1, 0.15) is 162 Å². The van der Waals surface area contributed by atoms with Crippen LogP contribution in [0.2, 0.25) is 0 Å². The predicted octanol–water partition coefficient (Wildman–Crippen LogP) is 10.9. The summed E-state index contributed by atoms with van der Waals surface area (Å²) in [7, 11) is -4.78. The highest BCUT2D eigenvalue weighted by molar-refractivity contribution is 7.47. The highest BCUT2D eigenvalue weighted by Crippen LogP contribution is 2.43. The Morgan fingerprint density at radius 1 is 0.576 bits per heavy atom. The van der Waals surface area contributed by atoms with E-state index in [2.05, 4.69) is 67.0 Å². The Balaban J connectivity index is 4.57. The molecule has 0 aromatic carbocycles. The Morgan fingerprint density at radius 3 is 1.64 bits per heavy atom. The number of carbonyl (C=O) groups is 4. The van der Waals surface area contributed by atoms with Crippen molar-refractivity contribution in [1.82, 2.24) is 0 Å². The molecule has 0 aliphatic heterocycles. The SMILES string of the molecule is CCCCC/C=C\C/C=C\C/C=C\C=C\C(=O)CCCC(=O)OC[C@H](COP(=O)(O)OC[C@H](N)C(=O)O)OC(=O)CCCCCCCCC/C=C\C/C=C\CCCCC. The summed E-state index contributed by atoms with van der Waals surface area (Å²) in [6, 6.07) is -1.56. The summed E-state index contributed by atoms with van der Waals surface area (Å²) in [5.74, 6) is -2.82. The highest BCUT2D eigenvalue weighted by atomic mass is 31.2. The lowest BCUT2D eigenvalue weighted by atomic mass is 10.1. The first-order chi connectivity index (χ1) is 28.5. The van der Waals surface area contributed by atoms with Gasteiger partial charge in [-0.05, 0) is 76.7 Å². The Hall–Kier alpha value is -3.41. The molecule has 0 aromatic heterocycles. The summed E-state index contributed by atoms with van der Waals surface area (Å²) < 4.78 is 32.5. The third-order valence-electron chi connectivity index (χ3n) is 8.90. The van der Waals surface area contributed by atoms with E-state index < -0.39 is 57.7 Å². The molecule has 0 fully saturated rings. The fourth-order valence-corrected chi connectivity index (χ4v) is 6.18. The lowest BCUT2D eigenvalue weighted by molar-refractivity contribution is -0.161. The van der Waals surface area contributed by atoms with E-state index in [0.29, 0.717) is 6.42 Å². The summed E-state index contributed by atoms with van der Waals surface area (Å²) in [4.78, 5) is 58.2. The van der Waals surface area contributed by atoms with Crippen molar-refractivity contribution in [3.63, 3.8) is 0 Å². The van der Waals surface area contributed by atoms with Crippen molar-refractivity contribution in [2.75, 3.05) is 19.8 Å². The second-order valence-corrected chi connectivity index (χ2v) is 16.0. The highest BCUT2D eigenvalue weighted by Gasteiger charge is 2.28. The van der Waals surface area contributed by atoms with E-state index in [-0.39, 0.29) is 31.5 Å². The van der Waals surface area contributed by atoms with E-state index in [1.807, 2.05) is 6.08 Å². The lowest BCUT2D eigenvalue weighted by Crippen LogP contribution is -2.34. The number of esters is 2. The number of allylic oxidation sites excluding steroid dienone is 12. The maximum absolute atomic E-state index is 12.6. The molecule has 0 amide bonds. The van der Waals surface area contributed by atoms with Gasteiger partial charge in [0.1, 0.15) is 12.6 Å². The molecule has 3 atom stereocenters. The molecule has 0 aliphatic carbocycles. The summed E-state index contributed by atoms with van der Waals surface area (Å²) in [5.41, 5.74) is 5.32. The second-order valence-electron chi connectivity index (χ2n) is 14.5. The first-order valence-corrected chi connectivity index (χ1v) is 23.4. The molecule has 0 saturated heterocycles. The largest absolute Gasteiger partial charge is 0.480 e. The number of nitrogens with two attached hydrogens (primary N) is 1. The molecule has 13 heteroatoms. The number of hydrogen-bond acceptors (Lipinski definition) is 10. The van der Waals surface area contributed by atoms with E-state index in [1.54, 1.807) is 12.2 Å². The van der Waals surface area contributed by atoms with Crippen LogP contribution >= 0.6 is 7.82 Å². The number of carboxylic acid groups (broad SMARTS) is 1. The van der Waals surface area contributed by atoms with E-state index >= 15 is 0 Å². The number of ether oxygens (including phenoxy) is 2. The van der Waals surface area contributed by atoms with E-state index in [0.717, 1.165) is 77.0 Å². The third kappa shape index (κ3) is 39.8. The van der Waals surface area contributed by atoms with Gasteiger partial charge in [0.15, 0.2) is 11.9 Å². The van der Waals surface area contributed by atoms with Crippen molar-refractivity contribution < 1.29 is 52.3 Å². The molecule has 0 aromatic rings. The van der Waals surface area contributed by atoms with Crippen molar-refractivity contribution in [3.8, 4) is 0 Å². The van der Waals surface area contributed by atoms with Crippen LogP contribution in [0.25, 0.3) is 0 Å². The predicted molar refractivity (Wildman–Crippen MR) is 236 cm³/mol. The van der Waals surface area contributed by atoms with Crippen LogP contribution in [0.4, 0.5) is 0 Å². The minimum absolute atomic E-state index is 0.0724. The maximum atomic E-state index is 12.6. The molecular formula is C46H76NO11P. The van der Waals surface area contributed by atoms with E-state index in [4.69, 9.17) is 24.8 Å². The molecule has 0 saturated carbocycles. The number of rotatable bonds is 40. The fraction of sp³-hybridized carbons (Fsp3) is 0.652. The summed E-state index contributed by atoms with van der Waals surface area (Å²) >= 11 is 0. The van der Waals surface area contributed by atoms with Gasteiger partial charge in [-0.2, -0.15) is 0 Å². The molecule has 336 valence electrons. The minimum Gasteiger partial charge on any atom is -0.480 e. The molecule has 12 nitrogen and oxygen atoms in total. The summed E-state index contributed by atoms with van der Waals surface area (Å²) in [6.07, 6.45) is 44.0. The third-order valence-corrected chi connectivity index (χ3v) is 9.85. The normalized spacial score (nSPS) is 14.3. The topological polar surface area (TPSA) is 189 Å². The van der Waals surface area contributed by atoms with Gasteiger partial charge in [0.2, 0.25) is 0 Å². The number of ketones is 1. The van der Waals surface area contributed by atoms with Crippen LogP contribution in [-0.4, -0.2) is 65.7 Å². The molecule has 0 spiro atoms. The van der Waals surface area contributed by atoms with Gasteiger partial charge >= 0.3 is 25.7 Å². The van der Waals surface area contributed by atoms with Crippen LogP contribution in [0.15, 0.2) is 72.9 Å². The molecule has 1 unspecified atom stereocenters. The molecule has 0 heterocycles. The maximum Gasteiger partial charge on any atom is 0.472 e. The van der Waals surface area contributed by atoms with Gasteiger partial charge in [-0.25, -0.2) is 4.57 Å². The standard InChI is InChI=1S/C46H76NO11P/c1-3-5-7-9-11-13-15-17-18-19-20-22-24-26-28-30-32-36-45(50)58-42(39-56-59(53,54)57-40-43(47)46(51)52)38-55-44(49)37-33-35-41(48)34-31-29-27-25-23-21-16-14-12-10-8-6-4-2/h11-14,17-18,21,23,27,29,31,34,42-43H,3-10,15-16,19-20,22,24-26,28,30,32-33,35-40,47H2,1-2H3,(H,51,52)(H,53,54)/b13-11-,14-12-,18-17-,23-21-,29-27-,34-31+/t42-,43+/m1/s1. The van der Waals surface area contributed by atoms with Gasteiger partial charge in [0, 0.05) is 19.3 Å². The van der Waals surface area contributed by atoms with Gasteiger partial charge < -0.3 is 25.2 Å². The van der Waals surface area contributed by atoms with Crippen molar-refractivity contribution in [2.45, 2.75) is 174 Å². The van der Waals surface area contributed by atoms with E-state index in [9.17, 15) is 28.6 Å². The van der Waals surface area contributed by atoms with Crippen molar-refractivity contribution in [2.24, 2.45) is 5.73 Å². The average Bonchev–Trinajstić information content (AvgIpc) is 3.20. The number of unbranched alkanes of at least 4 members (excludes halogenated alkanes) is 13. The van der Waals surface area contributed by atoms with E-state index in [1.165, 1.54) is 44.6 Å². The van der Waals surface area contributed by atoms with Gasteiger partial charge in [-0.3, -0.25) is 28.2 Å². The molecule has 0 rings (SSSR count). The zero-order valence-electron chi connectivity index (χ0n) is 36.1. The Kier molecular flexibility index (Phi) is 37.7. The number of hydrogen-bond donors (Lipinski definition) is 3. The molecular weight excluding hydrogens is 773 g/mol. The van der Waals surface area contributed by atoms with Gasteiger partial charge in [-0.1, -0.05) is 138 Å². The first-order valence-electron chi connectivity index (χ1n) is 21.9. The van der Waals surface area contributed by atoms with Gasteiger partial charge in [0.25, 0.3) is 0 Å². The number of carboxylic acids is 1. The molecule has 0 radical (unpaired) electrons. The number of phosphoric acid groups is 1.